The van der Waals surface area contributed by atoms with Gasteiger partial charge in [-0.15, -0.1) is 10.2 Å². The molecule has 0 aliphatic carbocycles. The molecule has 104 valence electrons. The fraction of sp³-hybridized carbons (Fsp3) is 0.0909. The van der Waals surface area contributed by atoms with Crippen molar-refractivity contribution < 1.29 is 24.2 Å². The number of aromatic carboxylic acids is 1. The van der Waals surface area contributed by atoms with Crippen LogP contribution in [-0.4, -0.2) is 43.1 Å². The monoisotopic (exact) mass is 297 g/mol. The van der Waals surface area contributed by atoms with Crippen molar-refractivity contribution >= 4 is 23.7 Å². The number of nitrogens with one attached hydrogen (secondary N) is 1. The molecule has 0 saturated heterocycles. The second-order valence-corrected chi connectivity index (χ2v) is 4.62. The maximum absolute atomic E-state index is 13.7. The molecule has 1 heterocycles. The average molecular weight is 297 g/mol. The molecule has 0 atom stereocenters. The fourth-order valence-corrected chi connectivity index (χ4v) is 1.93. The lowest BCUT2D eigenvalue weighted by atomic mass is 10.1. The number of carboxylic acid groups (broad SMARTS) is 2. The Bertz CT molecular complexity index is 673. The van der Waals surface area contributed by atoms with Crippen LogP contribution in [0.3, 0.4) is 0 Å². The van der Waals surface area contributed by atoms with Gasteiger partial charge < -0.3 is 15.2 Å². The summed E-state index contributed by atoms with van der Waals surface area (Å²) < 4.78 is 13.7. The zero-order valence-corrected chi connectivity index (χ0v) is 10.6. The van der Waals surface area contributed by atoms with Gasteiger partial charge >= 0.3 is 11.9 Å². The van der Waals surface area contributed by atoms with E-state index >= 15 is 0 Å². The number of aromatic nitrogens is 3. The molecular weight excluding hydrogens is 289 g/mol. The summed E-state index contributed by atoms with van der Waals surface area (Å²) in [4.78, 5) is 23.9. The average Bonchev–Trinajstić information content (AvgIpc) is 2.85. The fourth-order valence-electron chi connectivity index (χ4n) is 1.40. The van der Waals surface area contributed by atoms with Crippen LogP contribution in [0.4, 0.5) is 4.39 Å². The van der Waals surface area contributed by atoms with Crippen LogP contribution in [-0.2, 0) is 4.79 Å². The first-order valence-electron chi connectivity index (χ1n) is 5.28. The maximum atomic E-state index is 13.7. The van der Waals surface area contributed by atoms with Crippen LogP contribution in [0.5, 0.6) is 0 Å². The summed E-state index contributed by atoms with van der Waals surface area (Å²) in [6.45, 7) is 0. The molecule has 0 radical (unpaired) electrons. The summed E-state index contributed by atoms with van der Waals surface area (Å²) >= 11 is 0.893. The number of aromatic amines is 1. The number of hydrogen-bond acceptors (Lipinski definition) is 5. The molecule has 7 nitrogen and oxygen atoms in total. The molecule has 0 aliphatic heterocycles. The second kappa shape index (κ2) is 5.70. The molecule has 1 aromatic heterocycles. The van der Waals surface area contributed by atoms with Crippen LogP contribution in [0, 0.1) is 5.82 Å². The molecule has 0 aliphatic rings. The first kappa shape index (κ1) is 14.0. The third-order valence-electron chi connectivity index (χ3n) is 2.27. The maximum Gasteiger partial charge on any atom is 0.335 e. The minimum atomic E-state index is -1.19. The predicted octanol–water partition coefficient (Wildman–Crippen LogP) is 1.49. The van der Waals surface area contributed by atoms with Gasteiger partial charge in [0.05, 0.1) is 16.9 Å². The van der Waals surface area contributed by atoms with Gasteiger partial charge in [0.25, 0.3) is 0 Å². The number of benzene rings is 1. The highest BCUT2D eigenvalue weighted by Gasteiger charge is 2.14. The summed E-state index contributed by atoms with van der Waals surface area (Å²) in [5.74, 6) is -3.04. The molecule has 1 aromatic carbocycles. The van der Waals surface area contributed by atoms with Gasteiger partial charge in [0, 0.05) is 0 Å². The summed E-state index contributed by atoms with van der Waals surface area (Å²) in [6.07, 6.45) is 0. The minimum Gasteiger partial charge on any atom is -0.481 e. The molecule has 20 heavy (non-hydrogen) atoms. The van der Waals surface area contributed by atoms with Gasteiger partial charge in [-0.2, -0.15) is 0 Å². The van der Waals surface area contributed by atoms with Gasteiger partial charge in [-0.25, -0.2) is 9.18 Å². The van der Waals surface area contributed by atoms with E-state index in [1.807, 2.05) is 0 Å². The topological polar surface area (TPSA) is 116 Å². The zero-order chi connectivity index (χ0) is 14.7. The zero-order valence-electron chi connectivity index (χ0n) is 9.83. The van der Waals surface area contributed by atoms with E-state index in [0.717, 1.165) is 30.0 Å². The lowest BCUT2D eigenvalue weighted by molar-refractivity contribution is -0.133. The number of aliphatic carboxylic acids is 1. The van der Waals surface area contributed by atoms with Gasteiger partial charge in [0.15, 0.2) is 11.0 Å². The molecule has 9 heteroatoms. The standard InChI is InChI=1S/C11H8FN3O4S/c12-7-2-1-5(10(18)19)3-6(7)9-13-11(15-14-9)20-4-8(16)17/h1-3H,4H2,(H,16,17)(H,18,19)(H,13,14,15). The number of hydrogen-bond donors (Lipinski definition) is 3. The van der Waals surface area contributed by atoms with Crippen molar-refractivity contribution in [1.29, 1.82) is 0 Å². The Hall–Kier alpha value is -2.42. The predicted molar refractivity (Wildman–Crippen MR) is 67.1 cm³/mol. The van der Waals surface area contributed by atoms with E-state index in [1.165, 1.54) is 0 Å². The molecule has 3 N–H and O–H groups in total. The highest BCUT2D eigenvalue weighted by molar-refractivity contribution is 7.99. The highest BCUT2D eigenvalue weighted by Crippen LogP contribution is 2.23. The molecule has 0 amide bonds. The van der Waals surface area contributed by atoms with E-state index in [2.05, 4.69) is 15.2 Å². The SMILES string of the molecule is O=C(O)CSc1nnc(-c2cc(C(=O)O)ccc2F)[nH]1. The number of halogens is 1. The van der Waals surface area contributed by atoms with Crippen molar-refractivity contribution in [2.75, 3.05) is 5.75 Å². The summed E-state index contributed by atoms with van der Waals surface area (Å²) in [5.41, 5.74) is -0.128. The van der Waals surface area contributed by atoms with Gasteiger partial charge in [-0.1, -0.05) is 11.8 Å². The van der Waals surface area contributed by atoms with Crippen LogP contribution in [0.15, 0.2) is 23.4 Å². The largest absolute Gasteiger partial charge is 0.481 e. The van der Waals surface area contributed by atoms with E-state index in [-0.39, 0.29) is 27.9 Å². The van der Waals surface area contributed by atoms with Crippen molar-refractivity contribution in [3.05, 3.63) is 29.6 Å². The summed E-state index contributed by atoms with van der Waals surface area (Å²) in [7, 11) is 0. The third-order valence-corrected chi connectivity index (χ3v) is 3.12. The lowest BCUT2D eigenvalue weighted by Gasteiger charge is -2.00. The first-order valence-corrected chi connectivity index (χ1v) is 6.26. The molecule has 0 unspecified atom stereocenters. The van der Waals surface area contributed by atoms with Crippen LogP contribution in [0.2, 0.25) is 0 Å². The van der Waals surface area contributed by atoms with Gasteiger partial charge in [0.2, 0.25) is 0 Å². The molecule has 0 saturated carbocycles. The lowest BCUT2D eigenvalue weighted by Crippen LogP contribution is -1.98. The Labute approximate surface area is 115 Å². The number of carbonyl (C=O) groups is 2. The molecule has 2 rings (SSSR count). The minimum absolute atomic E-state index is 0.0403. The van der Waals surface area contributed by atoms with E-state index in [0.29, 0.717) is 0 Å². The normalized spacial score (nSPS) is 10.4. The molecule has 0 fully saturated rings. The van der Waals surface area contributed by atoms with Crippen LogP contribution in [0.1, 0.15) is 10.4 Å². The van der Waals surface area contributed by atoms with Crippen LogP contribution in [0.25, 0.3) is 11.4 Å². The van der Waals surface area contributed by atoms with E-state index in [9.17, 15) is 14.0 Å². The molecular formula is C11H8FN3O4S. The van der Waals surface area contributed by atoms with E-state index in [4.69, 9.17) is 10.2 Å². The number of rotatable bonds is 5. The molecule has 0 bridgehead atoms. The Kier molecular flexibility index (Phi) is 3.99. The Morgan fingerprint density at radius 2 is 2.05 bits per heavy atom. The Morgan fingerprint density at radius 1 is 1.30 bits per heavy atom. The van der Waals surface area contributed by atoms with Gasteiger partial charge in [-0.3, -0.25) is 4.79 Å². The van der Waals surface area contributed by atoms with Gasteiger partial charge in [-0.05, 0) is 18.2 Å². The summed E-state index contributed by atoms with van der Waals surface area (Å²) in [5, 5.41) is 24.9. The van der Waals surface area contributed by atoms with Gasteiger partial charge in [0.1, 0.15) is 5.82 Å². The highest BCUT2D eigenvalue weighted by atomic mass is 32.2. The smallest absolute Gasteiger partial charge is 0.335 e. The number of thioether (sulfide) groups is 1. The van der Waals surface area contributed by atoms with E-state index in [1.54, 1.807) is 0 Å². The Morgan fingerprint density at radius 3 is 2.70 bits per heavy atom. The quantitative estimate of drug-likeness (QED) is 0.716. The first-order chi connectivity index (χ1) is 9.47. The van der Waals surface area contributed by atoms with E-state index < -0.39 is 17.8 Å². The Balaban J connectivity index is 2.29. The van der Waals surface area contributed by atoms with Crippen molar-refractivity contribution in [2.45, 2.75) is 5.16 Å². The van der Waals surface area contributed by atoms with Crippen molar-refractivity contribution in [3.8, 4) is 11.4 Å². The number of H-pyrrole nitrogens is 1. The third kappa shape index (κ3) is 3.12. The molecule has 2 aromatic rings. The van der Waals surface area contributed by atoms with Crippen molar-refractivity contribution in [2.24, 2.45) is 0 Å². The number of carboxylic acids is 2. The molecule has 0 spiro atoms. The van der Waals surface area contributed by atoms with Crippen LogP contribution >= 0.6 is 11.8 Å². The van der Waals surface area contributed by atoms with Crippen molar-refractivity contribution in [3.63, 3.8) is 0 Å². The van der Waals surface area contributed by atoms with Crippen LogP contribution < -0.4 is 0 Å². The summed E-state index contributed by atoms with van der Waals surface area (Å²) in [6, 6.07) is 3.28. The van der Waals surface area contributed by atoms with Crippen molar-refractivity contribution in [1.82, 2.24) is 15.2 Å². The second-order valence-electron chi connectivity index (χ2n) is 3.66. The number of nitrogens with zero attached hydrogens (tertiary/aromatic N) is 2.